The molecule has 1 fully saturated rings. The molecule has 2 amide bonds. The number of rotatable bonds is 3. The number of amides is 2. The normalized spacial score (nSPS) is 17.1. The van der Waals surface area contributed by atoms with E-state index in [1.807, 2.05) is 30.3 Å². The van der Waals surface area contributed by atoms with Crippen molar-refractivity contribution in [1.29, 1.82) is 0 Å². The van der Waals surface area contributed by atoms with Crippen molar-refractivity contribution >= 4 is 17.8 Å². The summed E-state index contributed by atoms with van der Waals surface area (Å²) in [7, 11) is 1.36. The van der Waals surface area contributed by atoms with Gasteiger partial charge in [-0.05, 0) is 18.6 Å². The van der Waals surface area contributed by atoms with Gasteiger partial charge in [-0.25, -0.2) is 4.79 Å². The van der Waals surface area contributed by atoms with Crippen LogP contribution in [-0.4, -0.2) is 52.1 Å². The second kappa shape index (κ2) is 6.47. The van der Waals surface area contributed by atoms with Crippen molar-refractivity contribution in [3.05, 3.63) is 36.5 Å². The fourth-order valence-corrected chi connectivity index (χ4v) is 2.57. The average molecular weight is 315 g/mol. The predicted molar refractivity (Wildman–Crippen MR) is 82.1 cm³/mol. The van der Waals surface area contributed by atoms with Crippen molar-refractivity contribution in [2.45, 2.75) is 6.42 Å². The van der Waals surface area contributed by atoms with Crippen LogP contribution in [0.4, 0.5) is 10.6 Å². The summed E-state index contributed by atoms with van der Waals surface area (Å²) in [5.74, 6) is -0.0677. The zero-order valence-corrected chi connectivity index (χ0v) is 12.7. The molecule has 1 aliphatic heterocycles. The second-order valence-corrected chi connectivity index (χ2v) is 5.25. The molecule has 1 aromatic carbocycles. The maximum Gasteiger partial charge on any atom is 0.323 e. The number of para-hydroxylation sites is 1. The van der Waals surface area contributed by atoms with E-state index in [9.17, 15) is 9.59 Å². The lowest BCUT2D eigenvalue weighted by atomic mass is 10.1. The number of likely N-dealkylation sites (tertiary alicyclic amines) is 1. The van der Waals surface area contributed by atoms with Gasteiger partial charge in [0.25, 0.3) is 0 Å². The molecule has 0 aliphatic carbocycles. The highest BCUT2D eigenvalue weighted by atomic mass is 16.5. The Balaban J connectivity index is 1.68. The molecule has 1 unspecified atom stereocenters. The molecule has 8 nitrogen and oxygen atoms in total. The Morgan fingerprint density at radius 1 is 1.30 bits per heavy atom. The first-order valence-corrected chi connectivity index (χ1v) is 7.29. The zero-order valence-electron chi connectivity index (χ0n) is 12.7. The summed E-state index contributed by atoms with van der Waals surface area (Å²) < 4.78 is 6.27. The van der Waals surface area contributed by atoms with Crippen molar-refractivity contribution < 1.29 is 14.3 Å². The van der Waals surface area contributed by atoms with Gasteiger partial charge in [0.2, 0.25) is 0 Å². The number of aromatic nitrogens is 3. The topological polar surface area (TPSA) is 89.3 Å². The van der Waals surface area contributed by atoms with Crippen LogP contribution in [0.2, 0.25) is 0 Å². The van der Waals surface area contributed by atoms with E-state index in [1.165, 1.54) is 13.3 Å². The first kappa shape index (κ1) is 15.0. The molecule has 1 N–H and O–H groups in total. The van der Waals surface area contributed by atoms with Crippen molar-refractivity contribution in [2.24, 2.45) is 5.92 Å². The maximum atomic E-state index is 12.3. The van der Waals surface area contributed by atoms with E-state index < -0.39 is 0 Å². The molecular formula is C15H17N5O3. The molecule has 0 bridgehead atoms. The van der Waals surface area contributed by atoms with Gasteiger partial charge in [-0.2, -0.15) is 4.68 Å². The number of anilines is 1. The van der Waals surface area contributed by atoms with Crippen LogP contribution < -0.4 is 5.32 Å². The lowest BCUT2D eigenvalue weighted by Gasteiger charge is -2.17. The van der Waals surface area contributed by atoms with Crippen LogP contribution in [-0.2, 0) is 9.53 Å². The van der Waals surface area contributed by atoms with Crippen LogP contribution in [0.1, 0.15) is 6.42 Å². The van der Waals surface area contributed by atoms with Gasteiger partial charge in [0, 0.05) is 13.1 Å². The van der Waals surface area contributed by atoms with E-state index in [2.05, 4.69) is 15.6 Å². The van der Waals surface area contributed by atoms with E-state index >= 15 is 0 Å². The molecule has 1 saturated heterocycles. The van der Waals surface area contributed by atoms with E-state index in [-0.39, 0.29) is 17.9 Å². The van der Waals surface area contributed by atoms with Gasteiger partial charge in [-0.15, -0.1) is 5.10 Å². The summed E-state index contributed by atoms with van der Waals surface area (Å²) in [5, 5.41) is 10.6. The molecule has 0 spiro atoms. The fourth-order valence-electron chi connectivity index (χ4n) is 2.57. The van der Waals surface area contributed by atoms with Gasteiger partial charge in [-0.3, -0.25) is 10.1 Å². The summed E-state index contributed by atoms with van der Waals surface area (Å²) in [6.45, 7) is 0.865. The van der Waals surface area contributed by atoms with Crippen molar-refractivity contribution in [2.75, 3.05) is 25.5 Å². The minimum absolute atomic E-state index is 0.261. The van der Waals surface area contributed by atoms with Gasteiger partial charge in [0.05, 0.1) is 24.9 Å². The molecule has 23 heavy (non-hydrogen) atoms. The molecule has 8 heteroatoms. The molecule has 120 valence electrons. The SMILES string of the molecule is COC(=O)C1CCN(C(=O)Nc2cnnn2-c2ccccc2)C1. The highest BCUT2D eigenvalue weighted by Gasteiger charge is 2.32. The number of methoxy groups -OCH3 is 1. The monoisotopic (exact) mass is 315 g/mol. The minimum Gasteiger partial charge on any atom is -0.469 e. The molecule has 1 aliphatic rings. The van der Waals surface area contributed by atoms with Gasteiger partial charge in [0.1, 0.15) is 0 Å². The molecule has 1 atom stereocenters. The molecule has 1 aromatic heterocycles. The molecular weight excluding hydrogens is 298 g/mol. The summed E-state index contributed by atoms with van der Waals surface area (Å²) in [6, 6.07) is 9.11. The van der Waals surface area contributed by atoms with Crippen LogP contribution in [0.15, 0.2) is 36.5 Å². The summed E-state index contributed by atoms with van der Waals surface area (Å²) in [4.78, 5) is 25.5. The Hall–Kier alpha value is -2.90. The summed E-state index contributed by atoms with van der Waals surface area (Å²) >= 11 is 0. The fraction of sp³-hybridized carbons (Fsp3) is 0.333. The average Bonchev–Trinajstić information content (AvgIpc) is 3.24. The second-order valence-electron chi connectivity index (χ2n) is 5.25. The van der Waals surface area contributed by atoms with Crippen molar-refractivity contribution in [1.82, 2.24) is 19.9 Å². The number of hydrogen-bond donors (Lipinski definition) is 1. The Kier molecular flexibility index (Phi) is 4.22. The Labute approximate surface area is 133 Å². The van der Waals surface area contributed by atoms with Gasteiger partial charge < -0.3 is 9.64 Å². The predicted octanol–water partition coefficient (Wildman–Crippen LogP) is 1.29. The van der Waals surface area contributed by atoms with Crippen LogP contribution in [0.5, 0.6) is 0 Å². The van der Waals surface area contributed by atoms with Crippen LogP contribution in [0.3, 0.4) is 0 Å². The van der Waals surface area contributed by atoms with Gasteiger partial charge in [-0.1, -0.05) is 23.4 Å². The summed E-state index contributed by atoms with van der Waals surface area (Å²) in [5.41, 5.74) is 0.800. The van der Waals surface area contributed by atoms with Crippen LogP contribution >= 0.6 is 0 Å². The minimum atomic E-state index is -0.282. The van der Waals surface area contributed by atoms with E-state index in [4.69, 9.17) is 4.74 Å². The third kappa shape index (κ3) is 3.15. The first-order chi connectivity index (χ1) is 11.2. The van der Waals surface area contributed by atoms with Crippen molar-refractivity contribution in [3.8, 4) is 5.69 Å². The number of esters is 1. The number of carbonyl (C=O) groups is 2. The third-order valence-corrected chi connectivity index (χ3v) is 3.80. The lowest BCUT2D eigenvalue weighted by Crippen LogP contribution is -2.34. The highest BCUT2D eigenvalue weighted by Crippen LogP contribution is 2.19. The quantitative estimate of drug-likeness (QED) is 0.862. The van der Waals surface area contributed by atoms with Crippen LogP contribution in [0.25, 0.3) is 5.69 Å². The number of nitrogens with zero attached hydrogens (tertiary/aromatic N) is 4. The number of urea groups is 1. The number of ether oxygens (including phenoxy) is 1. The summed E-state index contributed by atoms with van der Waals surface area (Å²) in [6.07, 6.45) is 2.09. The number of hydrogen-bond acceptors (Lipinski definition) is 5. The lowest BCUT2D eigenvalue weighted by molar-refractivity contribution is -0.144. The van der Waals surface area contributed by atoms with Gasteiger partial charge >= 0.3 is 12.0 Å². The highest BCUT2D eigenvalue weighted by molar-refractivity contribution is 5.89. The van der Waals surface area contributed by atoms with Crippen molar-refractivity contribution in [3.63, 3.8) is 0 Å². The molecule has 2 heterocycles. The van der Waals surface area contributed by atoms with Crippen LogP contribution in [0, 0.1) is 5.92 Å². The number of carbonyl (C=O) groups excluding carboxylic acids is 2. The van der Waals surface area contributed by atoms with E-state index in [1.54, 1.807) is 9.58 Å². The smallest absolute Gasteiger partial charge is 0.323 e. The maximum absolute atomic E-state index is 12.3. The standard InChI is InChI=1S/C15H17N5O3/c1-23-14(21)11-7-8-19(10-11)15(22)17-13-9-16-18-20(13)12-5-3-2-4-6-12/h2-6,9,11H,7-8,10H2,1H3,(H,17,22). The zero-order chi connectivity index (χ0) is 16.2. The van der Waals surface area contributed by atoms with E-state index in [0.29, 0.717) is 25.3 Å². The first-order valence-electron chi connectivity index (χ1n) is 7.29. The molecule has 2 aromatic rings. The number of nitrogens with one attached hydrogen (secondary N) is 1. The van der Waals surface area contributed by atoms with E-state index in [0.717, 1.165) is 5.69 Å². The Bertz CT molecular complexity index is 700. The number of benzene rings is 1. The molecule has 0 radical (unpaired) electrons. The Morgan fingerprint density at radius 2 is 2.09 bits per heavy atom. The largest absolute Gasteiger partial charge is 0.469 e. The third-order valence-electron chi connectivity index (χ3n) is 3.80. The Morgan fingerprint density at radius 3 is 2.83 bits per heavy atom. The molecule has 3 rings (SSSR count). The molecule has 0 saturated carbocycles. The van der Waals surface area contributed by atoms with Gasteiger partial charge in [0.15, 0.2) is 5.82 Å².